The summed E-state index contributed by atoms with van der Waals surface area (Å²) in [6.07, 6.45) is 3.52. The Bertz CT molecular complexity index is 1460. The van der Waals surface area contributed by atoms with Crippen LogP contribution in [0.15, 0.2) is 83.9 Å². The number of methoxy groups -OCH3 is 1. The maximum Gasteiger partial charge on any atom is 0.304 e. The van der Waals surface area contributed by atoms with Crippen LogP contribution in [0.1, 0.15) is 59.3 Å². The Hall–Kier alpha value is -4.52. The van der Waals surface area contributed by atoms with Crippen molar-refractivity contribution in [3.63, 3.8) is 0 Å². The maximum absolute atomic E-state index is 11.6. The van der Waals surface area contributed by atoms with E-state index in [9.17, 15) is 14.7 Å². The molecule has 5 rings (SSSR count). The molecule has 7 nitrogen and oxygen atoms in total. The van der Waals surface area contributed by atoms with E-state index in [0.29, 0.717) is 23.7 Å². The van der Waals surface area contributed by atoms with E-state index in [2.05, 4.69) is 11.9 Å². The fourth-order valence-electron chi connectivity index (χ4n) is 4.20. The number of carboxylic acids is 1. The fourth-order valence-corrected chi connectivity index (χ4v) is 4.20. The van der Waals surface area contributed by atoms with Crippen molar-refractivity contribution >= 4 is 29.0 Å². The number of pyridine rings is 1. The summed E-state index contributed by atoms with van der Waals surface area (Å²) in [5.74, 6) is -0.105. The first kappa shape index (κ1) is 26.5. The molecular weight excluding hydrogens is 480 g/mol. The number of amides is 1. The lowest BCUT2D eigenvalue weighted by Gasteiger charge is -2.18. The lowest BCUT2D eigenvalue weighted by atomic mass is 9.91. The lowest BCUT2D eigenvalue weighted by molar-refractivity contribution is -0.137. The van der Waals surface area contributed by atoms with Crippen molar-refractivity contribution in [3.05, 3.63) is 101 Å². The van der Waals surface area contributed by atoms with Crippen LogP contribution in [-0.2, 0) is 4.79 Å². The Kier molecular flexibility index (Phi) is 8.82. The molecule has 38 heavy (non-hydrogen) atoms. The van der Waals surface area contributed by atoms with Gasteiger partial charge in [0.05, 0.1) is 31.2 Å². The Balaban J connectivity index is 0.000000278. The minimum Gasteiger partial charge on any atom is -0.493 e. The first-order valence-corrected chi connectivity index (χ1v) is 12.6. The monoisotopic (exact) mass is 510 g/mol. The molecule has 1 aliphatic heterocycles. The second kappa shape index (κ2) is 12.6. The number of nitrogens with zero attached hydrogens (tertiary/aromatic N) is 2. The number of aromatic nitrogens is 1. The van der Waals surface area contributed by atoms with Crippen LogP contribution >= 0.6 is 0 Å². The quantitative estimate of drug-likeness (QED) is 0.266. The molecule has 0 spiro atoms. The first-order chi connectivity index (χ1) is 18.5. The van der Waals surface area contributed by atoms with E-state index < -0.39 is 5.97 Å². The largest absolute Gasteiger partial charge is 0.493 e. The molecule has 0 aliphatic carbocycles. The number of rotatable bonds is 9. The normalized spacial score (nSPS) is 12.4. The number of hydrogen-bond acceptors (Lipinski definition) is 5. The predicted molar refractivity (Wildman–Crippen MR) is 148 cm³/mol. The molecule has 0 saturated heterocycles. The highest BCUT2D eigenvalue weighted by atomic mass is 16.5. The van der Waals surface area contributed by atoms with Crippen LogP contribution in [0.3, 0.4) is 0 Å². The minimum absolute atomic E-state index is 0.0495. The van der Waals surface area contributed by atoms with Gasteiger partial charge in [-0.3, -0.25) is 14.6 Å². The number of fused-ring (bicyclic) bond motifs is 2. The van der Waals surface area contributed by atoms with Crippen molar-refractivity contribution in [1.82, 2.24) is 4.98 Å². The number of carbonyl (C=O) groups is 2. The number of para-hydroxylation sites is 1. The molecule has 1 aliphatic rings. The zero-order chi connectivity index (χ0) is 26.9. The van der Waals surface area contributed by atoms with Gasteiger partial charge in [0.25, 0.3) is 5.91 Å². The van der Waals surface area contributed by atoms with Crippen LogP contribution in [0.4, 0.5) is 0 Å². The Morgan fingerprint density at radius 2 is 1.76 bits per heavy atom. The number of aliphatic imine (C=N–C) groups is 1. The van der Waals surface area contributed by atoms with Crippen LogP contribution in [0, 0.1) is 0 Å². The van der Waals surface area contributed by atoms with Gasteiger partial charge >= 0.3 is 5.97 Å². The highest BCUT2D eigenvalue weighted by molar-refractivity contribution is 6.12. The molecule has 4 aromatic rings. The topological polar surface area (TPSA) is 98.1 Å². The van der Waals surface area contributed by atoms with Crippen LogP contribution in [0.2, 0.25) is 0 Å². The number of carboxylic acid groups (broad SMARTS) is 1. The van der Waals surface area contributed by atoms with E-state index in [4.69, 9.17) is 14.5 Å². The van der Waals surface area contributed by atoms with Gasteiger partial charge in [0.15, 0.2) is 11.5 Å². The van der Waals surface area contributed by atoms with E-state index in [0.717, 1.165) is 40.6 Å². The van der Waals surface area contributed by atoms with Gasteiger partial charge in [-0.15, -0.1) is 0 Å². The molecule has 2 heterocycles. The summed E-state index contributed by atoms with van der Waals surface area (Å²) in [7, 11) is 1.60. The molecular formula is C31H30N2O5. The van der Waals surface area contributed by atoms with E-state index in [1.54, 1.807) is 19.4 Å². The van der Waals surface area contributed by atoms with Crippen molar-refractivity contribution in [2.45, 2.75) is 32.1 Å². The Morgan fingerprint density at radius 3 is 2.53 bits per heavy atom. The number of unbranched alkanes of at least 4 members (excludes halogenated alkanes) is 1. The van der Waals surface area contributed by atoms with E-state index in [1.807, 2.05) is 72.8 Å². The van der Waals surface area contributed by atoms with Crippen molar-refractivity contribution in [1.29, 1.82) is 0 Å². The van der Waals surface area contributed by atoms with E-state index >= 15 is 0 Å². The van der Waals surface area contributed by atoms with Crippen LogP contribution in [0.5, 0.6) is 11.5 Å². The van der Waals surface area contributed by atoms with Gasteiger partial charge in [-0.05, 0) is 42.3 Å². The lowest BCUT2D eigenvalue weighted by Crippen LogP contribution is -2.10. The van der Waals surface area contributed by atoms with Crippen LogP contribution in [0.25, 0.3) is 10.9 Å². The standard InChI is InChI=1S/C23H25NO4.C8H5NO/c1-3-4-13-28-22-14-17(10-12-21(22)27-2)18(15-23(25)26)20-11-9-16-7-5-6-8-19(16)24-20;10-8-7-4-2-1-3-6(7)5-9-8/h5-12,14,18H,3-4,13,15H2,1-2H3,(H,25,26);1-5H. The van der Waals surface area contributed by atoms with Gasteiger partial charge in [0.1, 0.15) is 0 Å². The third-order valence-corrected chi connectivity index (χ3v) is 6.21. The molecule has 3 aromatic carbocycles. The second-order valence-corrected chi connectivity index (χ2v) is 8.84. The molecule has 0 saturated carbocycles. The molecule has 1 amide bonds. The number of aliphatic carboxylic acids is 1. The summed E-state index contributed by atoms with van der Waals surface area (Å²) < 4.78 is 11.3. The summed E-state index contributed by atoms with van der Waals surface area (Å²) in [6.45, 7) is 2.69. The third-order valence-electron chi connectivity index (χ3n) is 6.21. The van der Waals surface area contributed by atoms with Gasteiger partial charge in [0.2, 0.25) is 0 Å². The minimum atomic E-state index is -0.871. The molecule has 0 fully saturated rings. The zero-order valence-electron chi connectivity index (χ0n) is 21.5. The average Bonchev–Trinajstić information content (AvgIpc) is 3.32. The molecule has 0 radical (unpaired) electrons. The third kappa shape index (κ3) is 6.42. The summed E-state index contributed by atoms with van der Waals surface area (Å²) in [4.78, 5) is 30.8. The van der Waals surface area contributed by atoms with Gasteiger partial charge < -0.3 is 14.6 Å². The first-order valence-electron chi connectivity index (χ1n) is 12.6. The molecule has 1 atom stereocenters. The Morgan fingerprint density at radius 1 is 0.974 bits per heavy atom. The molecule has 7 heteroatoms. The van der Waals surface area contributed by atoms with Crippen molar-refractivity contribution in [2.24, 2.45) is 4.99 Å². The summed E-state index contributed by atoms with van der Waals surface area (Å²) in [5, 5.41) is 10.5. The van der Waals surface area contributed by atoms with Gasteiger partial charge in [0, 0.05) is 28.8 Å². The summed E-state index contributed by atoms with van der Waals surface area (Å²) in [5.41, 5.74) is 4.06. The van der Waals surface area contributed by atoms with E-state index in [-0.39, 0.29) is 18.2 Å². The summed E-state index contributed by atoms with van der Waals surface area (Å²) in [6, 6.07) is 24.7. The summed E-state index contributed by atoms with van der Waals surface area (Å²) >= 11 is 0. The fraction of sp³-hybridized carbons (Fsp3) is 0.226. The molecule has 0 bridgehead atoms. The number of benzene rings is 3. The van der Waals surface area contributed by atoms with Crippen LogP contribution < -0.4 is 9.47 Å². The zero-order valence-corrected chi connectivity index (χ0v) is 21.5. The highest BCUT2D eigenvalue weighted by Gasteiger charge is 2.21. The SMILES string of the molecule is CCCCOc1cc(C(CC(=O)O)c2ccc3ccccc3n2)ccc1OC.O=C1N=Cc2ccccc21. The molecule has 194 valence electrons. The van der Waals surface area contributed by atoms with Crippen molar-refractivity contribution in [3.8, 4) is 11.5 Å². The van der Waals surface area contributed by atoms with E-state index in [1.165, 1.54) is 0 Å². The molecule has 1 unspecified atom stereocenters. The average molecular weight is 511 g/mol. The van der Waals surface area contributed by atoms with Crippen LogP contribution in [-0.4, -0.2) is 41.9 Å². The predicted octanol–water partition coefficient (Wildman–Crippen LogP) is 6.29. The highest BCUT2D eigenvalue weighted by Crippen LogP contribution is 2.35. The van der Waals surface area contributed by atoms with Crippen molar-refractivity contribution in [2.75, 3.05) is 13.7 Å². The van der Waals surface area contributed by atoms with Gasteiger partial charge in [-0.1, -0.05) is 61.9 Å². The van der Waals surface area contributed by atoms with Gasteiger partial charge in [-0.2, -0.15) is 0 Å². The van der Waals surface area contributed by atoms with Crippen molar-refractivity contribution < 1.29 is 24.2 Å². The molecule has 1 N–H and O–H groups in total. The second-order valence-electron chi connectivity index (χ2n) is 8.84. The Labute approximate surface area is 221 Å². The maximum atomic E-state index is 11.6. The smallest absolute Gasteiger partial charge is 0.304 e. The number of carbonyl (C=O) groups excluding carboxylic acids is 1. The number of ether oxygens (including phenoxy) is 2. The molecule has 1 aromatic heterocycles. The number of hydrogen-bond donors (Lipinski definition) is 1. The van der Waals surface area contributed by atoms with Gasteiger partial charge in [-0.25, -0.2) is 4.99 Å².